The summed E-state index contributed by atoms with van der Waals surface area (Å²) in [6, 6.07) is 1.78. The van der Waals surface area contributed by atoms with Crippen LogP contribution in [0.15, 0.2) is 23.1 Å². The Labute approximate surface area is 127 Å². The number of nitrogens with zero attached hydrogens (tertiary/aromatic N) is 1. The maximum atomic E-state index is 12.7. The molecule has 0 unspecified atom stereocenters. The molecule has 1 rings (SSSR count). The van der Waals surface area contributed by atoms with Gasteiger partial charge in [-0.15, -0.1) is 0 Å². The van der Waals surface area contributed by atoms with E-state index in [4.69, 9.17) is 4.55 Å². The standard InChI is InChI=1S/C6H4FNO5S.K/c7-5-2-1-4(14(11,12)13)3-6(5)8(9)10;/h1-3H,(H,11,12,13);/q;+1. The number of hydrogen-bond donors (Lipinski definition) is 1. The molecule has 0 saturated heterocycles. The van der Waals surface area contributed by atoms with Crippen LogP contribution in [0, 0.1) is 15.9 Å². The van der Waals surface area contributed by atoms with Crippen LogP contribution in [0.5, 0.6) is 0 Å². The molecular formula is C6H4FKNO5S+. The molecule has 9 heteroatoms. The van der Waals surface area contributed by atoms with Gasteiger partial charge in [0, 0.05) is 6.07 Å². The van der Waals surface area contributed by atoms with Crippen molar-refractivity contribution in [1.82, 2.24) is 0 Å². The maximum Gasteiger partial charge on any atom is 1.00 e. The van der Waals surface area contributed by atoms with Gasteiger partial charge in [-0.2, -0.15) is 12.8 Å². The zero-order valence-electron chi connectivity index (χ0n) is 7.55. The number of nitro groups is 1. The SMILES string of the molecule is O=[N+]([O-])c1cc(S(=O)(=O)O)ccc1F.[K+]. The molecule has 1 aromatic carbocycles. The van der Waals surface area contributed by atoms with Gasteiger partial charge in [0.25, 0.3) is 10.1 Å². The Morgan fingerprint density at radius 3 is 2.33 bits per heavy atom. The van der Waals surface area contributed by atoms with Gasteiger partial charge in [0.15, 0.2) is 0 Å². The molecule has 15 heavy (non-hydrogen) atoms. The largest absolute Gasteiger partial charge is 1.00 e. The first-order valence-electron chi connectivity index (χ1n) is 3.24. The van der Waals surface area contributed by atoms with Gasteiger partial charge < -0.3 is 0 Å². The third-order valence-electron chi connectivity index (χ3n) is 1.41. The smallest absolute Gasteiger partial charge is 0.282 e. The molecule has 0 radical (unpaired) electrons. The summed E-state index contributed by atoms with van der Waals surface area (Å²) in [6.07, 6.45) is 0. The van der Waals surface area contributed by atoms with E-state index in [2.05, 4.69) is 0 Å². The van der Waals surface area contributed by atoms with Crippen molar-refractivity contribution < 1.29 is 73.7 Å². The first-order valence-corrected chi connectivity index (χ1v) is 4.68. The third-order valence-corrected chi connectivity index (χ3v) is 2.26. The molecule has 1 aromatic rings. The number of halogens is 1. The quantitative estimate of drug-likeness (QED) is 0.287. The Morgan fingerprint density at radius 1 is 1.40 bits per heavy atom. The van der Waals surface area contributed by atoms with Crippen LogP contribution in [0.4, 0.5) is 10.1 Å². The van der Waals surface area contributed by atoms with E-state index < -0.39 is 31.4 Å². The van der Waals surface area contributed by atoms with Crippen molar-refractivity contribution in [3.05, 3.63) is 34.1 Å². The molecule has 0 fully saturated rings. The van der Waals surface area contributed by atoms with Crippen LogP contribution in [0.3, 0.4) is 0 Å². The molecule has 0 aliphatic heterocycles. The minimum absolute atomic E-state index is 0. The first-order chi connectivity index (χ1) is 6.32. The average molecular weight is 260 g/mol. The maximum absolute atomic E-state index is 12.7. The fourth-order valence-corrected chi connectivity index (χ4v) is 1.29. The number of nitro benzene ring substituents is 1. The second kappa shape index (κ2) is 5.43. The Bertz CT molecular complexity index is 488. The van der Waals surface area contributed by atoms with Gasteiger partial charge in [0.1, 0.15) is 4.90 Å². The fraction of sp³-hybridized carbons (Fsp3) is 0. The molecule has 0 spiro atoms. The normalized spacial score (nSPS) is 10.5. The number of hydrogen-bond acceptors (Lipinski definition) is 4. The summed E-state index contributed by atoms with van der Waals surface area (Å²) in [5.41, 5.74) is -1.000. The molecule has 6 nitrogen and oxygen atoms in total. The van der Waals surface area contributed by atoms with Crippen molar-refractivity contribution in [1.29, 1.82) is 0 Å². The third kappa shape index (κ3) is 3.87. The van der Waals surface area contributed by atoms with Crippen LogP contribution in [0.1, 0.15) is 0 Å². The molecule has 0 aliphatic rings. The molecule has 1 N–H and O–H groups in total. The second-order valence-electron chi connectivity index (χ2n) is 2.35. The summed E-state index contributed by atoms with van der Waals surface area (Å²) in [5, 5.41) is 10.2. The summed E-state index contributed by atoms with van der Waals surface area (Å²) in [4.78, 5) is 8.39. The van der Waals surface area contributed by atoms with E-state index in [0.717, 1.165) is 6.07 Å². The van der Waals surface area contributed by atoms with Gasteiger partial charge in [0.05, 0.1) is 4.92 Å². The van der Waals surface area contributed by atoms with Crippen LogP contribution in [-0.2, 0) is 10.1 Å². The van der Waals surface area contributed by atoms with E-state index in [-0.39, 0.29) is 51.4 Å². The van der Waals surface area contributed by atoms with E-state index in [1.54, 1.807) is 0 Å². The van der Waals surface area contributed by atoms with Crippen molar-refractivity contribution in [2.24, 2.45) is 0 Å². The van der Waals surface area contributed by atoms with Crippen LogP contribution in [-0.4, -0.2) is 17.9 Å². The minimum Gasteiger partial charge on any atom is -0.282 e. The van der Waals surface area contributed by atoms with Crippen LogP contribution < -0.4 is 51.4 Å². The Kier molecular flexibility index (Phi) is 5.47. The molecule has 0 amide bonds. The Balaban J connectivity index is 0.00000196. The zero-order valence-corrected chi connectivity index (χ0v) is 11.5. The van der Waals surface area contributed by atoms with E-state index in [1.807, 2.05) is 0 Å². The number of benzene rings is 1. The van der Waals surface area contributed by atoms with E-state index >= 15 is 0 Å². The summed E-state index contributed by atoms with van der Waals surface area (Å²) in [6.45, 7) is 0. The minimum atomic E-state index is -4.55. The summed E-state index contributed by atoms with van der Waals surface area (Å²) < 4.78 is 42.3. The summed E-state index contributed by atoms with van der Waals surface area (Å²) >= 11 is 0. The van der Waals surface area contributed by atoms with Crippen LogP contribution in [0.25, 0.3) is 0 Å². The van der Waals surface area contributed by atoms with Gasteiger partial charge in [-0.25, -0.2) is 0 Å². The molecule has 76 valence electrons. The van der Waals surface area contributed by atoms with Crippen molar-refractivity contribution >= 4 is 15.8 Å². The Morgan fingerprint density at radius 2 is 1.93 bits per heavy atom. The molecular weight excluding hydrogens is 256 g/mol. The van der Waals surface area contributed by atoms with Crippen molar-refractivity contribution in [3.8, 4) is 0 Å². The molecule has 0 heterocycles. The summed E-state index contributed by atoms with van der Waals surface area (Å²) in [7, 11) is -4.55. The van der Waals surface area contributed by atoms with E-state index in [0.29, 0.717) is 12.1 Å². The predicted molar refractivity (Wildman–Crippen MR) is 42.9 cm³/mol. The van der Waals surface area contributed by atoms with E-state index in [9.17, 15) is 22.9 Å². The van der Waals surface area contributed by atoms with E-state index in [1.165, 1.54) is 0 Å². The molecule has 0 aromatic heterocycles. The van der Waals surface area contributed by atoms with Gasteiger partial charge >= 0.3 is 57.1 Å². The molecule has 0 saturated carbocycles. The molecule has 0 aliphatic carbocycles. The number of rotatable bonds is 2. The molecule has 0 atom stereocenters. The Hall–Kier alpha value is 0.0964. The van der Waals surface area contributed by atoms with Gasteiger partial charge in [0.2, 0.25) is 5.82 Å². The second-order valence-corrected chi connectivity index (χ2v) is 3.77. The van der Waals surface area contributed by atoms with Gasteiger partial charge in [-0.1, -0.05) is 0 Å². The van der Waals surface area contributed by atoms with Crippen LogP contribution >= 0.6 is 0 Å². The fourth-order valence-electron chi connectivity index (χ4n) is 0.793. The monoisotopic (exact) mass is 260 g/mol. The first kappa shape index (κ1) is 15.1. The molecule has 0 bridgehead atoms. The van der Waals surface area contributed by atoms with Gasteiger partial charge in [-0.3, -0.25) is 14.7 Å². The van der Waals surface area contributed by atoms with Crippen molar-refractivity contribution in [2.45, 2.75) is 4.90 Å². The predicted octanol–water partition coefficient (Wildman–Crippen LogP) is -2.02. The van der Waals surface area contributed by atoms with Crippen molar-refractivity contribution in [3.63, 3.8) is 0 Å². The van der Waals surface area contributed by atoms with Gasteiger partial charge in [-0.05, 0) is 12.1 Å². The zero-order chi connectivity index (χ0) is 10.9. The van der Waals surface area contributed by atoms with Crippen LogP contribution in [0.2, 0.25) is 0 Å². The summed E-state index contributed by atoms with van der Waals surface area (Å²) in [5.74, 6) is -1.16. The average Bonchev–Trinajstić information content (AvgIpc) is 2.02. The topological polar surface area (TPSA) is 97.5 Å². The van der Waals surface area contributed by atoms with Crippen molar-refractivity contribution in [2.75, 3.05) is 0 Å².